The predicted octanol–water partition coefficient (Wildman–Crippen LogP) is 4.65. The van der Waals surface area contributed by atoms with E-state index in [1.54, 1.807) is 30.3 Å². The molecule has 8 nitrogen and oxygen atoms in total. The van der Waals surface area contributed by atoms with Crippen LogP contribution in [0, 0.1) is 11.6 Å². The van der Waals surface area contributed by atoms with Crippen molar-refractivity contribution in [1.29, 1.82) is 0 Å². The Kier molecular flexibility index (Phi) is 5.62. The average molecular weight is 564 g/mol. The second-order valence-electron chi connectivity index (χ2n) is 10.4. The van der Waals surface area contributed by atoms with Gasteiger partial charge in [-0.15, -0.1) is 0 Å². The Morgan fingerprint density at radius 2 is 2.12 bits per heavy atom. The molecule has 0 bridgehead atoms. The van der Waals surface area contributed by atoms with E-state index in [4.69, 9.17) is 26.8 Å². The second-order valence-corrected chi connectivity index (χ2v) is 10.8. The summed E-state index contributed by atoms with van der Waals surface area (Å²) in [5.41, 5.74) is 7.34. The number of benzene rings is 2. The summed E-state index contributed by atoms with van der Waals surface area (Å²) >= 11 is 6.59. The maximum atomic E-state index is 16.6. The van der Waals surface area contributed by atoms with E-state index in [0.29, 0.717) is 22.4 Å². The molecule has 0 aliphatic carbocycles. The number of hydrogen-bond acceptors (Lipinski definition) is 6. The van der Waals surface area contributed by atoms with E-state index in [1.165, 1.54) is 12.1 Å². The van der Waals surface area contributed by atoms with Crippen molar-refractivity contribution < 1.29 is 23.0 Å². The lowest BCUT2D eigenvalue weighted by atomic mass is 9.80. The molecule has 1 fully saturated rings. The number of aromatic nitrogens is 3. The summed E-state index contributed by atoms with van der Waals surface area (Å²) in [4.78, 5) is 17.1. The lowest BCUT2D eigenvalue weighted by Crippen LogP contribution is -2.49. The highest BCUT2D eigenvalue weighted by Crippen LogP contribution is 2.53. The van der Waals surface area contributed by atoms with Crippen LogP contribution in [0.4, 0.5) is 8.78 Å². The number of nitrogens with zero attached hydrogens (tertiary/aromatic N) is 3. The van der Waals surface area contributed by atoms with Crippen molar-refractivity contribution in [3.05, 3.63) is 81.9 Å². The van der Waals surface area contributed by atoms with Crippen molar-refractivity contribution in [2.45, 2.75) is 37.5 Å². The van der Waals surface area contributed by atoms with Gasteiger partial charge in [-0.25, -0.2) is 8.78 Å². The molecule has 0 saturated carbocycles. The lowest BCUT2D eigenvalue weighted by Gasteiger charge is -2.35. The number of halogens is 3. The highest BCUT2D eigenvalue weighted by atomic mass is 35.5. The number of primary amides is 1. The van der Waals surface area contributed by atoms with Crippen LogP contribution < -0.4 is 20.5 Å². The van der Waals surface area contributed by atoms with E-state index in [-0.39, 0.29) is 52.3 Å². The van der Waals surface area contributed by atoms with Crippen molar-refractivity contribution in [2.24, 2.45) is 12.8 Å². The van der Waals surface area contributed by atoms with E-state index >= 15 is 8.78 Å². The smallest absolute Gasteiger partial charge is 0.249 e. The minimum atomic E-state index is -0.947. The molecule has 40 heavy (non-hydrogen) atoms. The van der Waals surface area contributed by atoms with Crippen LogP contribution in [-0.4, -0.2) is 33.3 Å². The second kappa shape index (κ2) is 9.00. The van der Waals surface area contributed by atoms with Crippen molar-refractivity contribution in [3.8, 4) is 33.8 Å². The van der Waals surface area contributed by atoms with Gasteiger partial charge in [-0.3, -0.25) is 14.5 Å². The number of rotatable bonds is 4. The first kappa shape index (κ1) is 25.0. The van der Waals surface area contributed by atoms with Crippen LogP contribution in [0.3, 0.4) is 0 Å². The highest BCUT2D eigenvalue weighted by molar-refractivity contribution is 6.34. The van der Waals surface area contributed by atoms with Crippen LogP contribution in [0.2, 0.25) is 5.02 Å². The molecule has 1 saturated heterocycles. The molecule has 2 aromatic heterocycles. The molecule has 11 heteroatoms. The van der Waals surface area contributed by atoms with Crippen LogP contribution in [-0.2, 0) is 25.7 Å². The topological polar surface area (TPSA) is 104 Å². The van der Waals surface area contributed by atoms with Gasteiger partial charge in [-0.2, -0.15) is 5.10 Å². The van der Waals surface area contributed by atoms with Gasteiger partial charge in [0.05, 0.1) is 16.6 Å². The fourth-order valence-electron chi connectivity index (χ4n) is 6.33. The summed E-state index contributed by atoms with van der Waals surface area (Å²) < 4.78 is 45.9. The van der Waals surface area contributed by atoms with E-state index in [1.807, 2.05) is 12.1 Å². The van der Waals surface area contributed by atoms with Crippen LogP contribution in [0.25, 0.3) is 22.3 Å². The van der Waals surface area contributed by atoms with Crippen molar-refractivity contribution >= 4 is 17.5 Å². The summed E-state index contributed by atoms with van der Waals surface area (Å²) in [5, 5.41) is 7.51. The maximum Gasteiger partial charge on any atom is 0.249 e. The molecule has 5 heterocycles. The summed E-state index contributed by atoms with van der Waals surface area (Å²) in [5.74, 6) is -2.41. The zero-order valence-corrected chi connectivity index (χ0v) is 22.2. The number of fused-ring (bicyclic) bond motifs is 4. The Hall–Kier alpha value is -4.02. The molecular weight excluding hydrogens is 540 g/mol. The Labute approximate surface area is 233 Å². The largest absolute Gasteiger partial charge is 0.483 e. The van der Waals surface area contributed by atoms with E-state index in [2.05, 4.69) is 15.4 Å². The Morgan fingerprint density at radius 3 is 2.85 bits per heavy atom. The van der Waals surface area contributed by atoms with Gasteiger partial charge in [-0.05, 0) is 31.5 Å². The molecule has 1 amide bonds. The molecule has 0 radical (unpaired) electrons. The summed E-state index contributed by atoms with van der Waals surface area (Å²) in [7, 11) is 1.74. The first-order chi connectivity index (χ1) is 19.3. The predicted molar refractivity (Wildman–Crippen MR) is 143 cm³/mol. The highest BCUT2D eigenvalue weighted by Gasteiger charge is 2.50. The first-order valence-electron chi connectivity index (χ1n) is 12.9. The number of nitrogens with one attached hydrogen (secondary N) is 1. The van der Waals surface area contributed by atoms with E-state index in [9.17, 15) is 4.79 Å². The molecule has 3 aliphatic heterocycles. The monoisotopic (exact) mass is 563 g/mol. The van der Waals surface area contributed by atoms with Gasteiger partial charge < -0.3 is 20.5 Å². The molecule has 3 aliphatic rings. The molecule has 204 valence electrons. The third-order valence-electron chi connectivity index (χ3n) is 8.08. The van der Waals surface area contributed by atoms with Crippen LogP contribution >= 0.6 is 11.6 Å². The number of amides is 1. The fourth-order valence-corrected chi connectivity index (χ4v) is 6.60. The van der Waals surface area contributed by atoms with Gasteiger partial charge in [-0.1, -0.05) is 17.7 Å². The van der Waals surface area contributed by atoms with Gasteiger partial charge in [0.25, 0.3) is 0 Å². The number of hydrogen-bond donors (Lipinski definition) is 2. The van der Waals surface area contributed by atoms with Gasteiger partial charge >= 0.3 is 0 Å². The van der Waals surface area contributed by atoms with Crippen molar-refractivity contribution in [1.82, 2.24) is 20.1 Å². The minimum Gasteiger partial charge on any atom is -0.483 e. The van der Waals surface area contributed by atoms with Gasteiger partial charge in [0, 0.05) is 71.5 Å². The Bertz CT molecular complexity index is 1700. The SMILES string of the molecule is Cn1cc2c(n1)COc1c-2cc(C(N)=O)c(-c2c(Cl)c(F)cc3c2C[C@](c2cccnc2)([C@@H]2CCCN2)O3)c1F. The normalized spacial score (nSPS) is 20.9. The number of nitrogens with two attached hydrogens (primary N) is 1. The summed E-state index contributed by atoms with van der Waals surface area (Å²) in [6, 6.07) is 6.28. The first-order valence-corrected chi connectivity index (χ1v) is 13.3. The number of carbonyl (C=O) groups is 1. The van der Waals surface area contributed by atoms with Crippen LogP contribution in [0.1, 0.15) is 40.0 Å². The lowest BCUT2D eigenvalue weighted by molar-refractivity contribution is 0.0535. The maximum absolute atomic E-state index is 16.6. The molecule has 2 aromatic carbocycles. The molecule has 3 N–H and O–H groups in total. The third-order valence-corrected chi connectivity index (χ3v) is 8.45. The van der Waals surface area contributed by atoms with E-state index < -0.39 is 23.1 Å². The number of carbonyl (C=O) groups excluding carboxylic acids is 1. The molecular formula is C29H24ClF2N5O3. The average Bonchev–Trinajstić information content (AvgIpc) is 3.69. The van der Waals surface area contributed by atoms with Crippen molar-refractivity contribution in [2.75, 3.05) is 6.54 Å². The van der Waals surface area contributed by atoms with Crippen molar-refractivity contribution in [3.63, 3.8) is 0 Å². The summed E-state index contributed by atoms with van der Waals surface area (Å²) in [6.45, 7) is 0.832. The zero-order chi connectivity index (χ0) is 27.8. The standard InChI is InChI=1S/C29H24ClF2N5O3/c1-37-12-18-15-8-16(28(33)38)24(26(32)27(15)39-13-20(18)36-37)23-17-10-29(22-5-3-7-35-22,14-4-2-6-34-11-14)40-21(17)9-19(31)25(23)30/h2,4,6,8-9,11-12,22,35H,3,5,7,10,13H2,1H3,(H2,33,38)/t22-,29-/m0/s1. The Morgan fingerprint density at radius 1 is 1.27 bits per heavy atom. The number of ether oxygens (including phenoxy) is 2. The zero-order valence-electron chi connectivity index (χ0n) is 21.4. The van der Waals surface area contributed by atoms with E-state index in [0.717, 1.165) is 24.9 Å². The molecule has 2 atom stereocenters. The number of pyridine rings is 1. The Balaban J connectivity index is 1.47. The molecule has 0 unspecified atom stereocenters. The third kappa shape index (κ3) is 3.55. The van der Waals surface area contributed by atoms with Crippen LogP contribution in [0.15, 0.2) is 42.9 Å². The molecule has 0 spiro atoms. The minimum absolute atomic E-state index is 0.0233. The fraction of sp³-hybridized carbons (Fsp3) is 0.276. The number of aryl methyl sites for hydroxylation is 1. The summed E-state index contributed by atoms with van der Waals surface area (Å²) in [6.07, 6.45) is 7.10. The van der Waals surface area contributed by atoms with Gasteiger partial charge in [0.15, 0.2) is 17.2 Å². The van der Waals surface area contributed by atoms with Gasteiger partial charge in [0.1, 0.15) is 23.9 Å². The molecule has 4 aromatic rings. The van der Waals surface area contributed by atoms with Gasteiger partial charge in [0.2, 0.25) is 5.91 Å². The quantitative estimate of drug-likeness (QED) is 0.374. The van der Waals surface area contributed by atoms with Crippen LogP contribution in [0.5, 0.6) is 11.5 Å². The molecule has 7 rings (SSSR count).